The molecule has 0 radical (unpaired) electrons. The van der Waals surface area contributed by atoms with Crippen LogP contribution in [0, 0.1) is 11.7 Å². The number of benzene rings is 2. The number of nitrogens with zero attached hydrogens (tertiary/aromatic N) is 3. The number of hydrogen-bond donors (Lipinski definition) is 1. The molecule has 0 atom stereocenters. The molecule has 2 heterocycles. The molecule has 0 bridgehead atoms. The maximum atomic E-state index is 13.2. The van der Waals surface area contributed by atoms with Crippen LogP contribution >= 0.6 is 11.8 Å². The van der Waals surface area contributed by atoms with Crippen molar-refractivity contribution >= 4 is 40.1 Å². The second-order valence-corrected chi connectivity index (χ2v) is 8.30. The largest absolute Gasteiger partial charge is 0.342 e. The lowest BCUT2D eigenvalue weighted by Gasteiger charge is -2.30. The molecule has 1 aliphatic heterocycles. The number of carbonyl (C=O) groups is 1. The summed E-state index contributed by atoms with van der Waals surface area (Å²) in [6.45, 7) is 3.89. The van der Waals surface area contributed by atoms with Crippen molar-refractivity contribution in [2.45, 2.75) is 24.9 Å². The highest BCUT2D eigenvalue weighted by Crippen LogP contribution is 2.27. The molecule has 1 saturated heterocycles. The Morgan fingerprint density at radius 3 is 2.62 bits per heavy atom. The van der Waals surface area contributed by atoms with E-state index in [4.69, 9.17) is 0 Å². The van der Waals surface area contributed by atoms with Crippen LogP contribution in [0.3, 0.4) is 0 Å². The van der Waals surface area contributed by atoms with Crippen LogP contribution in [0.15, 0.2) is 53.7 Å². The molecule has 150 valence electrons. The van der Waals surface area contributed by atoms with Crippen LogP contribution in [0.5, 0.6) is 0 Å². The van der Waals surface area contributed by atoms with Gasteiger partial charge < -0.3 is 10.2 Å². The van der Waals surface area contributed by atoms with E-state index in [1.165, 1.54) is 23.9 Å². The van der Waals surface area contributed by atoms with Gasteiger partial charge in [0.2, 0.25) is 5.91 Å². The third-order valence-corrected chi connectivity index (χ3v) is 5.98. The average Bonchev–Trinajstić information content (AvgIpc) is 2.74. The van der Waals surface area contributed by atoms with Crippen molar-refractivity contribution in [2.24, 2.45) is 5.92 Å². The van der Waals surface area contributed by atoms with Crippen LogP contribution in [0.2, 0.25) is 0 Å². The van der Waals surface area contributed by atoms with Gasteiger partial charge in [0, 0.05) is 24.2 Å². The fraction of sp³-hybridized carbons (Fsp3) is 0.318. The number of nitrogens with one attached hydrogen (secondary N) is 1. The minimum absolute atomic E-state index is 0.131. The summed E-state index contributed by atoms with van der Waals surface area (Å²) in [7, 11) is 0. The fourth-order valence-corrected chi connectivity index (χ4v) is 4.11. The summed E-state index contributed by atoms with van der Waals surface area (Å²) in [5.74, 6) is 1.50. The van der Waals surface area contributed by atoms with Crippen LogP contribution in [0.4, 0.5) is 15.9 Å². The van der Waals surface area contributed by atoms with Gasteiger partial charge in [-0.3, -0.25) is 4.79 Å². The quantitative estimate of drug-likeness (QED) is 0.481. The fourth-order valence-electron chi connectivity index (χ4n) is 3.36. The highest BCUT2D eigenvalue weighted by Gasteiger charge is 2.20. The number of anilines is 2. The Labute approximate surface area is 173 Å². The van der Waals surface area contributed by atoms with Crippen molar-refractivity contribution in [3.8, 4) is 0 Å². The smallest absolute Gasteiger partial charge is 0.233 e. The first-order valence-corrected chi connectivity index (χ1v) is 10.8. The molecule has 1 fully saturated rings. The van der Waals surface area contributed by atoms with E-state index in [1.54, 1.807) is 12.1 Å². The summed E-state index contributed by atoms with van der Waals surface area (Å²) < 4.78 is 13.2. The van der Waals surface area contributed by atoms with E-state index >= 15 is 0 Å². The number of aromatic nitrogens is 2. The third kappa shape index (κ3) is 4.85. The Kier molecular flexibility index (Phi) is 5.94. The third-order valence-electron chi connectivity index (χ3n) is 5.15. The molecule has 1 amide bonds. The molecule has 0 unspecified atom stereocenters. The molecule has 1 aliphatic rings. The molecule has 5 nitrogen and oxygen atoms in total. The van der Waals surface area contributed by atoms with Gasteiger partial charge in [0.05, 0.1) is 11.3 Å². The first kappa shape index (κ1) is 19.6. The van der Waals surface area contributed by atoms with Gasteiger partial charge in [-0.2, -0.15) is 0 Å². The van der Waals surface area contributed by atoms with Gasteiger partial charge in [-0.25, -0.2) is 14.4 Å². The number of thioether (sulfide) groups is 1. The molecule has 29 heavy (non-hydrogen) atoms. The number of piperidine rings is 1. The monoisotopic (exact) mass is 410 g/mol. The Balaban J connectivity index is 1.52. The summed E-state index contributed by atoms with van der Waals surface area (Å²) >= 11 is 1.35. The molecule has 4 rings (SSSR count). The van der Waals surface area contributed by atoms with E-state index in [9.17, 15) is 9.18 Å². The molecule has 0 saturated carbocycles. The lowest BCUT2D eigenvalue weighted by Crippen LogP contribution is -2.38. The van der Waals surface area contributed by atoms with Crippen molar-refractivity contribution in [2.75, 3.05) is 24.2 Å². The van der Waals surface area contributed by atoms with Crippen LogP contribution in [-0.4, -0.2) is 39.6 Å². The van der Waals surface area contributed by atoms with Gasteiger partial charge in [-0.1, -0.05) is 30.8 Å². The number of hydrogen-bond acceptors (Lipinski definition) is 5. The van der Waals surface area contributed by atoms with E-state index in [0.717, 1.165) is 42.5 Å². The minimum atomic E-state index is -0.287. The number of halogens is 1. The molecule has 1 N–H and O–H groups in total. The maximum absolute atomic E-state index is 13.2. The second-order valence-electron chi connectivity index (χ2n) is 7.36. The van der Waals surface area contributed by atoms with Crippen molar-refractivity contribution in [3.63, 3.8) is 0 Å². The van der Waals surface area contributed by atoms with Crippen LogP contribution in [0.1, 0.15) is 19.8 Å². The van der Waals surface area contributed by atoms with Crippen molar-refractivity contribution in [3.05, 3.63) is 54.3 Å². The lowest BCUT2D eigenvalue weighted by molar-refractivity contribution is -0.129. The minimum Gasteiger partial charge on any atom is -0.342 e. The summed E-state index contributed by atoms with van der Waals surface area (Å²) in [5.41, 5.74) is 1.54. The van der Waals surface area contributed by atoms with Crippen molar-refractivity contribution < 1.29 is 9.18 Å². The summed E-state index contributed by atoms with van der Waals surface area (Å²) in [6.07, 6.45) is 2.13. The summed E-state index contributed by atoms with van der Waals surface area (Å²) in [6, 6.07) is 13.8. The van der Waals surface area contributed by atoms with Crippen LogP contribution in [-0.2, 0) is 4.79 Å². The normalized spacial score (nSPS) is 14.9. The molecule has 1 aromatic heterocycles. The van der Waals surface area contributed by atoms with Crippen LogP contribution < -0.4 is 5.32 Å². The number of fused-ring (bicyclic) bond motifs is 1. The van der Waals surface area contributed by atoms with Crippen LogP contribution in [0.25, 0.3) is 10.9 Å². The van der Waals surface area contributed by atoms with E-state index in [1.807, 2.05) is 29.2 Å². The maximum Gasteiger partial charge on any atom is 0.233 e. The number of carbonyl (C=O) groups excluding carboxylic acids is 1. The number of likely N-dealkylation sites (tertiary alicyclic amines) is 1. The van der Waals surface area contributed by atoms with Gasteiger partial charge in [0.1, 0.15) is 11.6 Å². The van der Waals surface area contributed by atoms with Gasteiger partial charge >= 0.3 is 0 Å². The standard InChI is InChI=1S/C22H23FN4OS/c1-15-10-12-27(13-11-15)20(28)14-29-22-25-19-5-3-2-4-18(19)21(26-22)24-17-8-6-16(23)7-9-17/h2-9,15H,10-14H2,1H3,(H,24,25,26). The first-order valence-electron chi connectivity index (χ1n) is 9.78. The van der Waals surface area contributed by atoms with Crippen molar-refractivity contribution in [1.29, 1.82) is 0 Å². The first-order chi connectivity index (χ1) is 14.1. The highest BCUT2D eigenvalue weighted by molar-refractivity contribution is 7.99. The van der Waals surface area contributed by atoms with Gasteiger partial charge in [-0.05, 0) is 55.2 Å². The number of amides is 1. The zero-order chi connectivity index (χ0) is 20.2. The molecule has 2 aromatic carbocycles. The Morgan fingerprint density at radius 2 is 1.86 bits per heavy atom. The topological polar surface area (TPSA) is 58.1 Å². The molecule has 3 aromatic rings. The van der Waals surface area contributed by atoms with E-state index in [-0.39, 0.29) is 11.7 Å². The van der Waals surface area contributed by atoms with Gasteiger partial charge in [0.15, 0.2) is 5.16 Å². The highest BCUT2D eigenvalue weighted by atomic mass is 32.2. The number of rotatable bonds is 5. The SMILES string of the molecule is CC1CCN(C(=O)CSc2nc(Nc3ccc(F)cc3)c3ccccc3n2)CC1. The molecular formula is C22H23FN4OS. The average molecular weight is 411 g/mol. The van der Waals surface area contributed by atoms with E-state index < -0.39 is 0 Å². The van der Waals surface area contributed by atoms with Crippen molar-refractivity contribution in [1.82, 2.24) is 14.9 Å². The Hall–Kier alpha value is -2.67. The van der Waals surface area contributed by atoms with Gasteiger partial charge in [-0.15, -0.1) is 0 Å². The molecule has 0 spiro atoms. The molecule has 0 aliphatic carbocycles. The number of para-hydroxylation sites is 1. The van der Waals surface area contributed by atoms with Gasteiger partial charge in [0.25, 0.3) is 0 Å². The molecular weight excluding hydrogens is 387 g/mol. The zero-order valence-electron chi connectivity index (χ0n) is 16.3. The Morgan fingerprint density at radius 1 is 1.14 bits per heavy atom. The predicted molar refractivity (Wildman–Crippen MR) is 115 cm³/mol. The second kappa shape index (κ2) is 8.78. The Bertz CT molecular complexity index is 1000. The zero-order valence-corrected chi connectivity index (χ0v) is 17.1. The molecule has 7 heteroatoms. The summed E-state index contributed by atoms with van der Waals surface area (Å²) in [4.78, 5) is 23.7. The summed E-state index contributed by atoms with van der Waals surface area (Å²) in [5, 5.41) is 4.66. The lowest BCUT2D eigenvalue weighted by atomic mass is 9.99. The van der Waals surface area contributed by atoms with E-state index in [2.05, 4.69) is 22.2 Å². The van der Waals surface area contributed by atoms with E-state index in [0.29, 0.717) is 22.6 Å². The predicted octanol–water partition coefficient (Wildman–Crippen LogP) is 4.86.